The van der Waals surface area contributed by atoms with Crippen LogP contribution in [0.25, 0.3) is 22.2 Å². The van der Waals surface area contributed by atoms with Crippen molar-refractivity contribution in [2.45, 2.75) is 26.2 Å². The molecule has 0 radical (unpaired) electrons. The minimum atomic E-state index is -1.08. The van der Waals surface area contributed by atoms with E-state index in [1.807, 2.05) is 39.1 Å². The highest BCUT2D eigenvalue weighted by Gasteiger charge is 2.30. The minimum Gasteiger partial charge on any atom is -0.479 e. The summed E-state index contributed by atoms with van der Waals surface area (Å²) in [5.74, 6) is 1.03. The molecule has 1 aromatic carbocycles. The van der Waals surface area contributed by atoms with Crippen LogP contribution >= 0.6 is 0 Å². The van der Waals surface area contributed by atoms with E-state index in [4.69, 9.17) is 10.00 Å². The van der Waals surface area contributed by atoms with Gasteiger partial charge in [0.1, 0.15) is 17.6 Å². The summed E-state index contributed by atoms with van der Waals surface area (Å²) in [6.07, 6.45) is 4.09. The molecule has 168 valence electrons. The van der Waals surface area contributed by atoms with Crippen LogP contribution in [0.2, 0.25) is 0 Å². The third-order valence-electron chi connectivity index (χ3n) is 5.18. The summed E-state index contributed by atoms with van der Waals surface area (Å²) in [5, 5.41) is 27.1. The lowest BCUT2D eigenvalue weighted by Crippen LogP contribution is -2.15. The molecule has 4 rings (SSSR count). The fourth-order valence-electron chi connectivity index (χ4n) is 3.95. The molecule has 0 aliphatic carbocycles. The van der Waals surface area contributed by atoms with Gasteiger partial charge >= 0.3 is 6.09 Å². The van der Waals surface area contributed by atoms with Gasteiger partial charge in [0.25, 0.3) is 0 Å². The zero-order valence-electron chi connectivity index (χ0n) is 18.8. The number of hydrogen-bond acceptors (Lipinski definition) is 6. The van der Waals surface area contributed by atoms with Gasteiger partial charge in [0, 0.05) is 48.2 Å². The first-order valence-electron chi connectivity index (χ1n) is 10.3. The molecule has 0 unspecified atom stereocenters. The zero-order valence-corrected chi connectivity index (χ0v) is 18.8. The van der Waals surface area contributed by atoms with Gasteiger partial charge in [-0.2, -0.15) is 10.4 Å². The molecule has 0 saturated carbocycles. The maximum absolute atomic E-state index is 12.4. The fraction of sp³-hybridized carbons (Fsp3) is 0.250. The Hall–Kier alpha value is -4.32. The average Bonchev–Trinajstić information content (AvgIpc) is 3.33. The van der Waals surface area contributed by atoms with Gasteiger partial charge in [-0.15, -0.1) is 0 Å². The molecule has 33 heavy (non-hydrogen) atoms. The Labute approximate surface area is 190 Å². The highest BCUT2D eigenvalue weighted by molar-refractivity contribution is 6.00. The summed E-state index contributed by atoms with van der Waals surface area (Å²) in [6.45, 7) is 6.10. The Morgan fingerprint density at radius 3 is 2.70 bits per heavy atom. The maximum atomic E-state index is 12.4. The smallest absolute Gasteiger partial charge is 0.416 e. The molecule has 0 saturated heterocycles. The van der Waals surface area contributed by atoms with Crippen molar-refractivity contribution in [3.63, 3.8) is 0 Å². The third kappa shape index (κ3) is 4.23. The van der Waals surface area contributed by atoms with Crippen molar-refractivity contribution in [3.05, 3.63) is 54.5 Å². The van der Waals surface area contributed by atoms with Crippen LogP contribution in [0.1, 0.15) is 26.3 Å². The second-order valence-corrected chi connectivity index (χ2v) is 8.68. The van der Waals surface area contributed by atoms with E-state index in [1.165, 1.54) is 4.57 Å². The molecule has 9 nitrogen and oxygen atoms in total. The molecule has 0 spiro atoms. The summed E-state index contributed by atoms with van der Waals surface area (Å²) in [4.78, 5) is 17.0. The first kappa shape index (κ1) is 21.9. The van der Waals surface area contributed by atoms with Gasteiger partial charge in [0.2, 0.25) is 0 Å². The molecule has 3 heterocycles. The summed E-state index contributed by atoms with van der Waals surface area (Å²) >= 11 is 0. The van der Waals surface area contributed by atoms with Gasteiger partial charge < -0.3 is 15.2 Å². The second-order valence-electron chi connectivity index (χ2n) is 8.68. The van der Waals surface area contributed by atoms with Crippen molar-refractivity contribution in [3.8, 4) is 23.1 Å². The Morgan fingerprint density at radius 1 is 1.27 bits per heavy atom. The number of carboxylic acid groups (broad SMARTS) is 1. The second kappa shape index (κ2) is 8.31. The van der Waals surface area contributed by atoms with Gasteiger partial charge in [-0.25, -0.2) is 14.3 Å². The number of nitrogens with zero attached hydrogens (tertiary/aromatic N) is 5. The molecule has 0 aliphatic heterocycles. The predicted molar refractivity (Wildman–Crippen MR) is 125 cm³/mol. The summed E-state index contributed by atoms with van der Waals surface area (Å²) < 4.78 is 8.30. The average molecular weight is 444 g/mol. The van der Waals surface area contributed by atoms with Gasteiger partial charge in [0.05, 0.1) is 17.4 Å². The van der Waals surface area contributed by atoms with E-state index < -0.39 is 6.09 Å². The van der Waals surface area contributed by atoms with Crippen molar-refractivity contribution >= 4 is 28.5 Å². The number of fused-ring (bicyclic) bond motifs is 1. The molecule has 9 heteroatoms. The molecule has 0 bridgehead atoms. The van der Waals surface area contributed by atoms with E-state index >= 15 is 0 Å². The number of carbonyl (C=O) groups is 1. The summed E-state index contributed by atoms with van der Waals surface area (Å²) in [5.41, 5.74) is 3.09. The number of benzene rings is 1. The molecule has 3 aromatic heterocycles. The number of ether oxygens (including phenoxy) is 1. The van der Waals surface area contributed by atoms with Gasteiger partial charge in [-0.05, 0) is 23.1 Å². The van der Waals surface area contributed by atoms with Crippen molar-refractivity contribution in [2.75, 3.05) is 11.9 Å². The van der Waals surface area contributed by atoms with Crippen LogP contribution in [0.5, 0.6) is 5.75 Å². The molecular weight excluding hydrogens is 420 g/mol. The lowest BCUT2D eigenvalue weighted by atomic mass is 9.84. The van der Waals surface area contributed by atoms with E-state index in [9.17, 15) is 9.90 Å². The highest BCUT2D eigenvalue weighted by Crippen LogP contribution is 2.41. The Balaban J connectivity index is 1.87. The molecule has 0 aliphatic rings. The SMILES string of the molecule is Cn1cc(-c2c(C(C)(C)C)c3cnc(Nc4cccc(OCC#N)c4)cc3n2C(=O)O)cn1. The van der Waals surface area contributed by atoms with Crippen molar-refractivity contribution in [1.29, 1.82) is 5.26 Å². The first-order valence-corrected chi connectivity index (χ1v) is 10.3. The van der Waals surface area contributed by atoms with E-state index in [-0.39, 0.29) is 12.0 Å². The monoisotopic (exact) mass is 444 g/mol. The molecule has 4 aromatic rings. The van der Waals surface area contributed by atoms with Gasteiger partial charge in [0.15, 0.2) is 6.61 Å². The largest absolute Gasteiger partial charge is 0.479 e. The quantitative estimate of drug-likeness (QED) is 0.449. The number of aryl methyl sites for hydroxylation is 1. The van der Waals surface area contributed by atoms with Crippen LogP contribution in [-0.2, 0) is 12.5 Å². The highest BCUT2D eigenvalue weighted by atomic mass is 16.5. The number of nitrogens with one attached hydrogen (secondary N) is 1. The zero-order chi connectivity index (χ0) is 23.8. The number of anilines is 2. The normalized spacial score (nSPS) is 11.4. The van der Waals surface area contributed by atoms with Crippen LogP contribution < -0.4 is 10.1 Å². The standard InChI is InChI=1S/C24H24N6O3/c1-24(2,3)21-18-13-26-20(28-16-6-5-7-17(10-16)33-9-8-25)11-19(18)30(23(31)32)22(21)15-12-27-29(4)14-15/h5-7,10-14H,9H2,1-4H3,(H,26,28)(H,31,32). The minimum absolute atomic E-state index is 0.0491. The molecule has 0 atom stereocenters. The Morgan fingerprint density at radius 2 is 2.06 bits per heavy atom. The summed E-state index contributed by atoms with van der Waals surface area (Å²) in [6, 6.07) is 10.8. The lowest BCUT2D eigenvalue weighted by Gasteiger charge is -2.20. The lowest BCUT2D eigenvalue weighted by molar-refractivity contribution is 0.198. The van der Waals surface area contributed by atoms with Crippen LogP contribution in [0.3, 0.4) is 0 Å². The Bertz CT molecular complexity index is 1390. The Kier molecular flexibility index (Phi) is 5.52. The van der Waals surface area contributed by atoms with Crippen molar-refractivity contribution in [2.24, 2.45) is 7.05 Å². The third-order valence-corrected chi connectivity index (χ3v) is 5.18. The van der Waals surface area contributed by atoms with E-state index in [0.717, 1.165) is 16.5 Å². The number of aromatic nitrogens is 4. The van der Waals surface area contributed by atoms with Gasteiger partial charge in [-0.1, -0.05) is 26.8 Å². The van der Waals surface area contributed by atoms with Gasteiger partial charge in [-0.3, -0.25) is 4.68 Å². The van der Waals surface area contributed by atoms with E-state index in [2.05, 4.69) is 15.4 Å². The van der Waals surface area contributed by atoms with Crippen LogP contribution in [0, 0.1) is 11.3 Å². The first-order chi connectivity index (χ1) is 15.7. The van der Waals surface area contributed by atoms with E-state index in [0.29, 0.717) is 28.5 Å². The number of hydrogen-bond donors (Lipinski definition) is 2. The maximum Gasteiger partial charge on any atom is 0.416 e. The van der Waals surface area contributed by atoms with Crippen molar-refractivity contribution < 1.29 is 14.6 Å². The van der Waals surface area contributed by atoms with E-state index in [1.54, 1.807) is 48.4 Å². The molecule has 2 N–H and O–H groups in total. The fourth-order valence-corrected chi connectivity index (χ4v) is 3.95. The molecular formula is C24H24N6O3. The molecule has 0 amide bonds. The molecule has 0 fully saturated rings. The number of rotatable bonds is 5. The predicted octanol–water partition coefficient (Wildman–Crippen LogP) is 4.91. The summed E-state index contributed by atoms with van der Waals surface area (Å²) in [7, 11) is 1.80. The van der Waals surface area contributed by atoms with Crippen molar-refractivity contribution in [1.82, 2.24) is 19.3 Å². The topological polar surface area (TPSA) is 118 Å². The van der Waals surface area contributed by atoms with Crippen LogP contribution in [0.15, 0.2) is 48.9 Å². The van der Waals surface area contributed by atoms with Crippen LogP contribution in [-0.4, -0.2) is 37.1 Å². The number of nitriles is 1. The number of pyridine rings is 1. The van der Waals surface area contributed by atoms with Crippen LogP contribution in [0.4, 0.5) is 16.3 Å².